The number of rotatable bonds is 4. The number of nitrogens with zero attached hydrogens (tertiary/aromatic N) is 1. The molecule has 1 atom stereocenters. The molecule has 0 aromatic heterocycles. The van der Waals surface area contributed by atoms with Crippen LogP contribution in [0.15, 0.2) is 42.5 Å². The molecular weight excluding hydrogens is 258 g/mol. The van der Waals surface area contributed by atoms with Crippen molar-refractivity contribution < 1.29 is 8.78 Å². The third-order valence-corrected chi connectivity index (χ3v) is 2.96. The van der Waals surface area contributed by atoms with Gasteiger partial charge in [0, 0.05) is 6.04 Å². The van der Waals surface area contributed by atoms with Gasteiger partial charge >= 0.3 is 0 Å². The second kappa shape index (κ2) is 6.16. The Kier molecular flexibility index (Phi) is 4.31. The van der Waals surface area contributed by atoms with Crippen LogP contribution in [-0.2, 0) is 6.42 Å². The van der Waals surface area contributed by atoms with Crippen LogP contribution >= 0.6 is 0 Å². The molecule has 0 radical (unpaired) electrons. The number of nitrogens with one attached hydrogen (secondary N) is 1. The van der Waals surface area contributed by atoms with Crippen molar-refractivity contribution >= 4 is 5.69 Å². The Bertz CT molecular complexity index is 647. The number of anilines is 1. The average molecular weight is 272 g/mol. The minimum absolute atomic E-state index is 0.00130. The van der Waals surface area contributed by atoms with Crippen LogP contribution in [0.5, 0.6) is 0 Å². The van der Waals surface area contributed by atoms with Gasteiger partial charge < -0.3 is 5.32 Å². The van der Waals surface area contributed by atoms with Crippen LogP contribution in [0.2, 0.25) is 0 Å². The van der Waals surface area contributed by atoms with E-state index >= 15 is 0 Å². The van der Waals surface area contributed by atoms with E-state index in [2.05, 4.69) is 5.32 Å². The molecule has 2 aromatic rings. The van der Waals surface area contributed by atoms with Crippen LogP contribution < -0.4 is 5.32 Å². The van der Waals surface area contributed by atoms with Gasteiger partial charge in [-0.15, -0.1) is 0 Å². The van der Waals surface area contributed by atoms with Crippen molar-refractivity contribution in [3.8, 4) is 6.07 Å². The normalized spacial score (nSPS) is 11.7. The van der Waals surface area contributed by atoms with Crippen molar-refractivity contribution in [1.82, 2.24) is 0 Å². The van der Waals surface area contributed by atoms with Crippen LogP contribution in [0.4, 0.5) is 14.5 Å². The fourth-order valence-corrected chi connectivity index (χ4v) is 2.09. The van der Waals surface area contributed by atoms with E-state index in [1.807, 2.05) is 19.1 Å². The van der Waals surface area contributed by atoms with Crippen LogP contribution in [0.1, 0.15) is 18.1 Å². The molecular formula is C16H14F2N2. The highest BCUT2D eigenvalue weighted by Gasteiger charge is 2.10. The summed E-state index contributed by atoms with van der Waals surface area (Å²) in [7, 11) is 0. The zero-order valence-corrected chi connectivity index (χ0v) is 11.0. The summed E-state index contributed by atoms with van der Waals surface area (Å²) in [4.78, 5) is 0. The molecule has 0 bridgehead atoms. The Morgan fingerprint density at radius 1 is 1.20 bits per heavy atom. The van der Waals surface area contributed by atoms with Crippen molar-refractivity contribution in [2.24, 2.45) is 0 Å². The maximum atomic E-state index is 13.5. The molecule has 2 rings (SSSR count). The molecule has 0 saturated heterocycles. The molecule has 20 heavy (non-hydrogen) atoms. The second-order valence-electron chi connectivity index (χ2n) is 4.65. The van der Waals surface area contributed by atoms with Crippen LogP contribution in [0.25, 0.3) is 0 Å². The lowest BCUT2D eigenvalue weighted by atomic mass is 10.1. The average Bonchev–Trinajstić information content (AvgIpc) is 2.38. The van der Waals surface area contributed by atoms with Crippen molar-refractivity contribution in [1.29, 1.82) is 5.26 Å². The van der Waals surface area contributed by atoms with E-state index in [9.17, 15) is 8.78 Å². The Morgan fingerprint density at radius 2 is 1.95 bits per heavy atom. The molecule has 2 aromatic carbocycles. The van der Waals surface area contributed by atoms with Gasteiger partial charge in [0.15, 0.2) is 0 Å². The van der Waals surface area contributed by atoms with Gasteiger partial charge in [-0.25, -0.2) is 8.78 Å². The second-order valence-corrected chi connectivity index (χ2v) is 4.65. The highest BCUT2D eigenvalue weighted by molar-refractivity contribution is 5.58. The molecule has 0 aliphatic heterocycles. The summed E-state index contributed by atoms with van der Waals surface area (Å²) in [5.41, 5.74) is 1.30. The molecule has 2 nitrogen and oxygen atoms in total. The zero-order chi connectivity index (χ0) is 14.5. The van der Waals surface area contributed by atoms with Gasteiger partial charge in [0.1, 0.15) is 23.3 Å². The van der Waals surface area contributed by atoms with Crippen molar-refractivity contribution in [3.05, 3.63) is 65.2 Å². The summed E-state index contributed by atoms with van der Waals surface area (Å²) in [6, 6.07) is 12.6. The third-order valence-electron chi connectivity index (χ3n) is 2.96. The SMILES string of the molecule is CC(Cc1cccc(F)c1)Nc1cccc(F)c1C#N. The first kappa shape index (κ1) is 14.0. The highest BCUT2D eigenvalue weighted by Crippen LogP contribution is 2.19. The molecule has 0 spiro atoms. The van der Waals surface area contributed by atoms with E-state index in [0.29, 0.717) is 12.1 Å². The Balaban J connectivity index is 2.11. The van der Waals surface area contributed by atoms with E-state index in [1.54, 1.807) is 18.2 Å². The van der Waals surface area contributed by atoms with Crippen molar-refractivity contribution in [2.45, 2.75) is 19.4 Å². The number of benzene rings is 2. The van der Waals surface area contributed by atoms with Gasteiger partial charge in [-0.05, 0) is 43.2 Å². The molecule has 102 valence electrons. The summed E-state index contributed by atoms with van der Waals surface area (Å²) < 4.78 is 26.6. The standard InChI is InChI=1S/C16H14F2N2/c1-11(8-12-4-2-5-13(17)9-12)20-16-7-3-6-15(18)14(16)10-19/h2-7,9,11,20H,8H2,1H3. The molecule has 4 heteroatoms. The lowest BCUT2D eigenvalue weighted by molar-refractivity contribution is 0.622. The van der Waals surface area contributed by atoms with E-state index in [1.165, 1.54) is 18.2 Å². The summed E-state index contributed by atoms with van der Waals surface area (Å²) >= 11 is 0. The first-order valence-corrected chi connectivity index (χ1v) is 6.29. The summed E-state index contributed by atoms with van der Waals surface area (Å²) in [6.07, 6.45) is 0.582. The monoisotopic (exact) mass is 272 g/mol. The fraction of sp³-hybridized carbons (Fsp3) is 0.188. The van der Waals surface area contributed by atoms with E-state index in [4.69, 9.17) is 5.26 Å². The highest BCUT2D eigenvalue weighted by atomic mass is 19.1. The predicted molar refractivity (Wildman–Crippen MR) is 74.3 cm³/mol. The quantitative estimate of drug-likeness (QED) is 0.916. The smallest absolute Gasteiger partial charge is 0.143 e. The summed E-state index contributed by atoms with van der Waals surface area (Å²) in [5.74, 6) is -0.825. The Labute approximate surface area is 116 Å². The lowest BCUT2D eigenvalue weighted by Gasteiger charge is -2.16. The number of hydrogen-bond acceptors (Lipinski definition) is 2. The molecule has 0 aliphatic rings. The van der Waals surface area contributed by atoms with Crippen LogP contribution in [-0.4, -0.2) is 6.04 Å². The number of hydrogen-bond donors (Lipinski definition) is 1. The molecule has 1 unspecified atom stereocenters. The van der Waals surface area contributed by atoms with Crippen molar-refractivity contribution in [3.63, 3.8) is 0 Å². The molecule has 0 saturated carbocycles. The molecule has 0 aliphatic carbocycles. The van der Waals surface area contributed by atoms with Gasteiger partial charge in [0.2, 0.25) is 0 Å². The van der Waals surface area contributed by atoms with E-state index < -0.39 is 5.82 Å². The molecule has 1 N–H and O–H groups in total. The van der Waals surface area contributed by atoms with E-state index in [0.717, 1.165) is 5.56 Å². The zero-order valence-electron chi connectivity index (χ0n) is 11.0. The number of halogens is 2. The predicted octanol–water partition coefficient (Wildman–Crippen LogP) is 3.88. The first-order chi connectivity index (χ1) is 9.60. The van der Waals surface area contributed by atoms with Gasteiger partial charge in [-0.1, -0.05) is 18.2 Å². The van der Waals surface area contributed by atoms with E-state index in [-0.39, 0.29) is 17.4 Å². The topological polar surface area (TPSA) is 35.8 Å². The van der Waals surface area contributed by atoms with Gasteiger partial charge in [0.05, 0.1) is 5.69 Å². The summed E-state index contributed by atoms with van der Waals surface area (Å²) in [6.45, 7) is 1.90. The minimum Gasteiger partial charge on any atom is -0.381 e. The summed E-state index contributed by atoms with van der Waals surface area (Å²) in [5, 5.41) is 12.0. The fourth-order valence-electron chi connectivity index (χ4n) is 2.09. The number of nitriles is 1. The maximum Gasteiger partial charge on any atom is 0.143 e. The van der Waals surface area contributed by atoms with Crippen molar-refractivity contribution in [2.75, 3.05) is 5.32 Å². The van der Waals surface area contributed by atoms with Gasteiger partial charge in [-0.2, -0.15) is 5.26 Å². The Morgan fingerprint density at radius 3 is 2.65 bits per heavy atom. The van der Waals surface area contributed by atoms with Gasteiger partial charge in [-0.3, -0.25) is 0 Å². The van der Waals surface area contributed by atoms with Gasteiger partial charge in [0.25, 0.3) is 0 Å². The molecule has 0 fully saturated rings. The largest absolute Gasteiger partial charge is 0.381 e. The molecule has 0 heterocycles. The Hall–Kier alpha value is -2.41. The first-order valence-electron chi connectivity index (χ1n) is 6.29. The maximum absolute atomic E-state index is 13.5. The lowest BCUT2D eigenvalue weighted by Crippen LogP contribution is -2.19. The third kappa shape index (κ3) is 3.33. The van der Waals surface area contributed by atoms with Crippen LogP contribution in [0.3, 0.4) is 0 Å². The minimum atomic E-state index is -0.546. The van der Waals surface area contributed by atoms with Crippen LogP contribution in [0, 0.1) is 23.0 Å². The molecule has 0 amide bonds.